The predicted molar refractivity (Wildman–Crippen MR) is 111 cm³/mol. The number of hydrogen-bond acceptors (Lipinski definition) is 4. The zero-order chi connectivity index (χ0) is 20.7. The van der Waals surface area contributed by atoms with Gasteiger partial charge in [-0.2, -0.15) is 0 Å². The van der Waals surface area contributed by atoms with Crippen LogP contribution in [-0.2, 0) is 9.53 Å². The first kappa shape index (κ1) is 20.7. The summed E-state index contributed by atoms with van der Waals surface area (Å²) in [5.74, 6) is -0.736. The topological polar surface area (TPSA) is 120 Å². The quantitative estimate of drug-likeness (QED) is 0.308. The van der Waals surface area contributed by atoms with Gasteiger partial charge in [0.25, 0.3) is 5.91 Å². The number of nitrogens with one attached hydrogen (secondary N) is 1. The molecule has 2 rings (SSSR count). The SMILES string of the molecule is CCOC(=O)/C=C/c1cc(C)c(NC(=O)c2cccc(N=C(N)N)c2)c(C)c1. The second kappa shape index (κ2) is 9.36. The Balaban J connectivity index is 2.21. The Morgan fingerprint density at radius 1 is 1.14 bits per heavy atom. The number of aryl methyl sites for hydroxylation is 2. The van der Waals surface area contributed by atoms with Crippen molar-refractivity contribution in [3.8, 4) is 0 Å². The number of guanidine groups is 1. The zero-order valence-corrected chi connectivity index (χ0v) is 16.2. The summed E-state index contributed by atoms with van der Waals surface area (Å²) in [6, 6.07) is 10.5. The second-order valence-corrected chi connectivity index (χ2v) is 6.16. The van der Waals surface area contributed by atoms with Gasteiger partial charge < -0.3 is 21.5 Å². The Hall–Kier alpha value is -3.61. The van der Waals surface area contributed by atoms with Crippen molar-refractivity contribution in [1.82, 2.24) is 0 Å². The van der Waals surface area contributed by atoms with E-state index in [1.165, 1.54) is 6.08 Å². The molecule has 2 aromatic carbocycles. The van der Waals surface area contributed by atoms with Gasteiger partial charge in [-0.25, -0.2) is 9.79 Å². The van der Waals surface area contributed by atoms with E-state index in [0.29, 0.717) is 23.5 Å². The molecule has 0 fully saturated rings. The maximum Gasteiger partial charge on any atom is 0.330 e. The lowest BCUT2D eigenvalue weighted by Gasteiger charge is -2.13. The van der Waals surface area contributed by atoms with Crippen LogP contribution in [0.3, 0.4) is 0 Å². The molecular formula is C21H24N4O3. The molecule has 0 atom stereocenters. The smallest absolute Gasteiger partial charge is 0.330 e. The molecule has 1 amide bonds. The minimum Gasteiger partial charge on any atom is -0.463 e. The number of anilines is 1. The fraction of sp³-hybridized carbons (Fsp3) is 0.190. The summed E-state index contributed by atoms with van der Waals surface area (Å²) in [7, 11) is 0. The Labute approximate surface area is 164 Å². The standard InChI is InChI=1S/C21H24N4O3/c1-4-28-18(26)9-8-15-10-13(2)19(14(3)11-15)25-20(27)16-6-5-7-17(12-16)24-21(22)23/h5-12H,4H2,1-3H3,(H,25,27)(H4,22,23,24)/b9-8+. The summed E-state index contributed by atoms with van der Waals surface area (Å²) in [6.45, 7) is 5.86. The number of esters is 1. The van der Waals surface area contributed by atoms with Crippen LogP contribution in [0.1, 0.15) is 34.0 Å². The third-order valence-corrected chi connectivity index (χ3v) is 3.86. The number of aliphatic imine (C=N–C) groups is 1. The Kier molecular flexibility index (Phi) is 6.92. The maximum atomic E-state index is 12.6. The summed E-state index contributed by atoms with van der Waals surface area (Å²) >= 11 is 0. The average Bonchev–Trinajstić information content (AvgIpc) is 2.63. The van der Waals surface area contributed by atoms with Crippen molar-refractivity contribution < 1.29 is 14.3 Å². The first-order chi connectivity index (χ1) is 13.3. The Morgan fingerprint density at radius 3 is 2.43 bits per heavy atom. The highest BCUT2D eigenvalue weighted by Gasteiger charge is 2.11. The molecule has 28 heavy (non-hydrogen) atoms. The van der Waals surface area contributed by atoms with Gasteiger partial charge in [-0.05, 0) is 73.9 Å². The molecule has 7 nitrogen and oxygen atoms in total. The number of nitrogens with zero attached hydrogens (tertiary/aromatic N) is 1. The number of carbonyl (C=O) groups excluding carboxylic acids is 2. The molecular weight excluding hydrogens is 356 g/mol. The molecule has 0 radical (unpaired) electrons. The fourth-order valence-corrected chi connectivity index (χ4v) is 2.70. The molecule has 0 spiro atoms. The second-order valence-electron chi connectivity index (χ2n) is 6.16. The minimum absolute atomic E-state index is 0.0734. The molecule has 0 unspecified atom stereocenters. The van der Waals surface area contributed by atoms with Crippen LogP contribution in [0, 0.1) is 13.8 Å². The molecule has 0 heterocycles. The molecule has 2 aromatic rings. The number of benzene rings is 2. The minimum atomic E-state index is -0.393. The van der Waals surface area contributed by atoms with Gasteiger partial charge in [0.2, 0.25) is 0 Å². The van der Waals surface area contributed by atoms with E-state index in [1.54, 1.807) is 37.3 Å². The molecule has 0 saturated heterocycles. The highest BCUT2D eigenvalue weighted by molar-refractivity contribution is 6.05. The lowest BCUT2D eigenvalue weighted by Crippen LogP contribution is -2.22. The molecule has 0 aliphatic rings. The number of hydrogen-bond donors (Lipinski definition) is 3. The third kappa shape index (κ3) is 5.70. The molecule has 7 heteroatoms. The predicted octanol–water partition coefficient (Wildman–Crippen LogP) is 3.04. The van der Waals surface area contributed by atoms with Crippen molar-refractivity contribution in [2.75, 3.05) is 11.9 Å². The van der Waals surface area contributed by atoms with Gasteiger partial charge in [0.05, 0.1) is 12.3 Å². The van der Waals surface area contributed by atoms with Crippen molar-refractivity contribution in [2.45, 2.75) is 20.8 Å². The van der Waals surface area contributed by atoms with Crippen LogP contribution in [0.2, 0.25) is 0 Å². The van der Waals surface area contributed by atoms with E-state index in [4.69, 9.17) is 16.2 Å². The zero-order valence-electron chi connectivity index (χ0n) is 16.2. The van der Waals surface area contributed by atoms with Crippen LogP contribution in [0.25, 0.3) is 6.08 Å². The molecule has 0 aromatic heterocycles. The van der Waals surface area contributed by atoms with E-state index in [1.807, 2.05) is 26.0 Å². The average molecular weight is 380 g/mol. The van der Waals surface area contributed by atoms with Crippen LogP contribution in [-0.4, -0.2) is 24.4 Å². The Bertz CT molecular complexity index is 921. The molecule has 146 valence electrons. The van der Waals surface area contributed by atoms with Crippen molar-refractivity contribution >= 4 is 35.3 Å². The number of ether oxygens (including phenoxy) is 1. The van der Waals surface area contributed by atoms with Crippen LogP contribution >= 0.6 is 0 Å². The van der Waals surface area contributed by atoms with Crippen molar-refractivity contribution in [2.24, 2.45) is 16.5 Å². The number of carbonyl (C=O) groups is 2. The normalized spacial score (nSPS) is 10.5. The van der Waals surface area contributed by atoms with E-state index in [2.05, 4.69) is 10.3 Å². The van der Waals surface area contributed by atoms with Gasteiger partial charge in [0, 0.05) is 17.3 Å². The summed E-state index contributed by atoms with van der Waals surface area (Å²) in [5.41, 5.74) is 15.0. The fourth-order valence-electron chi connectivity index (χ4n) is 2.70. The van der Waals surface area contributed by atoms with Gasteiger partial charge in [-0.1, -0.05) is 6.07 Å². The van der Waals surface area contributed by atoms with Crippen LogP contribution in [0.15, 0.2) is 47.5 Å². The van der Waals surface area contributed by atoms with Gasteiger partial charge in [-0.15, -0.1) is 0 Å². The molecule has 0 aliphatic heterocycles. The largest absolute Gasteiger partial charge is 0.463 e. The molecule has 0 saturated carbocycles. The third-order valence-electron chi connectivity index (χ3n) is 3.86. The van der Waals surface area contributed by atoms with Crippen LogP contribution in [0.5, 0.6) is 0 Å². The van der Waals surface area contributed by atoms with E-state index >= 15 is 0 Å². The van der Waals surface area contributed by atoms with Crippen LogP contribution in [0.4, 0.5) is 11.4 Å². The van der Waals surface area contributed by atoms with E-state index in [9.17, 15) is 9.59 Å². The van der Waals surface area contributed by atoms with Crippen LogP contribution < -0.4 is 16.8 Å². The van der Waals surface area contributed by atoms with Crippen molar-refractivity contribution in [3.63, 3.8) is 0 Å². The Morgan fingerprint density at radius 2 is 1.82 bits per heavy atom. The van der Waals surface area contributed by atoms with Crippen molar-refractivity contribution in [1.29, 1.82) is 0 Å². The highest BCUT2D eigenvalue weighted by atomic mass is 16.5. The van der Waals surface area contributed by atoms with Gasteiger partial charge >= 0.3 is 5.97 Å². The van der Waals surface area contributed by atoms with Crippen molar-refractivity contribution in [3.05, 3.63) is 64.7 Å². The summed E-state index contributed by atoms with van der Waals surface area (Å²) < 4.78 is 4.88. The van der Waals surface area contributed by atoms with E-state index in [-0.39, 0.29) is 11.9 Å². The monoisotopic (exact) mass is 380 g/mol. The number of nitrogens with two attached hydrogens (primary N) is 2. The highest BCUT2D eigenvalue weighted by Crippen LogP contribution is 2.24. The summed E-state index contributed by atoms with van der Waals surface area (Å²) in [4.78, 5) is 28.0. The van der Waals surface area contributed by atoms with E-state index in [0.717, 1.165) is 16.7 Å². The lowest BCUT2D eigenvalue weighted by molar-refractivity contribution is -0.137. The molecule has 0 bridgehead atoms. The molecule has 0 aliphatic carbocycles. The first-order valence-electron chi connectivity index (χ1n) is 8.77. The number of rotatable bonds is 6. The summed E-state index contributed by atoms with van der Waals surface area (Å²) in [6.07, 6.45) is 3.06. The number of amides is 1. The van der Waals surface area contributed by atoms with Gasteiger partial charge in [0.15, 0.2) is 5.96 Å². The lowest BCUT2D eigenvalue weighted by atomic mass is 10.0. The first-order valence-corrected chi connectivity index (χ1v) is 8.77. The molecule has 5 N–H and O–H groups in total. The van der Waals surface area contributed by atoms with Gasteiger partial charge in [-0.3, -0.25) is 4.79 Å². The van der Waals surface area contributed by atoms with E-state index < -0.39 is 5.97 Å². The summed E-state index contributed by atoms with van der Waals surface area (Å²) in [5, 5.41) is 2.92. The van der Waals surface area contributed by atoms with Gasteiger partial charge in [0.1, 0.15) is 0 Å². The maximum absolute atomic E-state index is 12.6.